The van der Waals surface area contributed by atoms with Gasteiger partial charge in [-0.2, -0.15) is 0 Å². The number of benzene rings is 2. The van der Waals surface area contributed by atoms with Crippen LogP contribution in [-0.2, 0) is 9.47 Å². The molecule has 2 fully saturated rings. The maximum atomic E-state index is 12.3. The predicted molar refractivity (Wildman–Crippen MR) is 139 cm³/mol. The lowest BCUT2D eigenvalue weighted by Gasteiger charge is -2.26. The number of fused-ring (bicyclic) bond motifs is 1. The Bertz CT molecular complexity index is 1220. The maximum Gasteiger partial charge on any atom is 0.411 e. The van der Waals surface area contributed by atoms with Gasteiger partial charge in [0.15, 0.2) is 0 Å². The number of carbonyl (C=O) groups is 1. The third kappa shape index (κ3) is 4.96. The molecular formula is C28H35N3O4. The molecule has 1 aliphatic carbocycles. The average Bonchev–Trinajstić information content (AvgIpc) is 3.44. The number of carbonyl (C=O) groups excluding carboxylic acids is 1. The van der Waals surface area contributed by atoms with Crippen LogP contribution in [0.1, 0.15) is 53.0 Å². The Morgan fingerprint density at radius 3 is 2.51 bits per heavy atom. The SMILES string of the molecule is CC(OC(=O)Nc1ccc(-c2c(N)c3ccc(OC4CCOC4)cc3n2C2CC2)cc1)C(C)(C)C. The molecule has 5 rings (SSSR count). The van der Waals surface area contributed by atoms with E-state index >= 15 is 0 Å². The minimum Gasteiger partial charge on any atom is -0.488 e. The highest BCUT2D eigenvalue weighted by molar-refractivity contribution is 6.02. The van der Waals surface area contributed by atoms with Crippen molar-refractivity contribution in [1.82, 2.24) is 4.57 Å². The summed E-state index contributed by atoms with van der Waals surface area (Å²) in [5.41, 5.74) is 11.1. The molecule has 7 heteroatoms. The van der Waals surface area contributed by atoms with Crippen LogP contribution in [0.2, 0.25) is 0 Å². The topological polar surface area (TPSA) is 87.7 Å². The highest BCUT2D eigenvalue weighted by Crippen LogP contribution is 2.47. The molecule has 0 radical (unpaired) electrons. The van der Waals surface area contributed by atoms with Gasteiger partial charge in [-0.15, -0.1) is 0 Å². The first kappa shape index (κ1) is 23.5. The normalized spacial score (nSPS) is 19.0. The Kier molecular flexibility index (Phi) is 6.13. The number of amides is 1. The zero-order valence-corrected chi connectivity index (χ0v) is 21.0. The summed E-state index contributed by atoms with van der Waals surface area (Å²) in [6, 6.07) is 14.4. The highest BCUT2D eigenvalue weighted by Gasteiger charge is 2.30. The number of nitrogens with one attached hydrogen (secondary N) is 1. The lowest BCUT2D eigenvalue weighted by atomic mass is 9.90. The lowest BCUT2D eigenvalue weighted by Crippen LogP contribution is -2.30. The van der Waals surface area contributed by atoms with E-state index in [-0.39, 0.29) is 17.6 Å². The van der Waals surface area contributed by atoms with Crippen LogP contribution in [0.5, 0.6) is 5.75 Å². The molecule has 0 spiro atoms. The van der Waals surface area contributed by atoms with Gasteiger partial charge in [0.2, 0.25) is 0 Å². The largest absolute Gasteiger partial charge is 0.488 e. The summed E-state index contributed by atoms with van der Waals surface area (Å²) >= 11 is 0. The number of aromatic nitrogens is 1. The molecular weight excluding hydrogens is 442 g/mol. The number of ether oxygens (including phenoxy) is 3. The van der Waals surface area contributed by atoms with Crippen LogP contribution in [0.25, 0.3) is 22.2 Å². The van der Waals surface area contributed by atoms with Gasteiger partial charge >= 0.3 is 6.09 Å². The molecule has 3 aromatic rings. The fourth-order valence-corrected chi connectivity index (χ4v) is 4.39. The van der Waals surface area contributed by atoms with Gasteiger partial charge in [0.25, 0.3) is 0 Å². The van der Waals surface area contributed by atoms with Crippen molar-refractivity contribution in [1.29, 1.82) is 0 Å². The molecule has 1 aromatic heterocycles. The first-order chi connectivity index (χ1) is 16.7. The molecule has 7 nitrogen and oxygen atoms in total. The molecule has 0 bridgehead atoms. The van der Waals surface area contributed by atoms with Gasteiger partial charge in [-0.1, -0.05) is 32.9 Å². The standard InChI is InChI=1S/C28H35N3O4/c1-17(28(2,3)4)34-27(32)30-19-7-5-18(6-8-19)26-25(29)23-12-11-21(35-22-13-14-33-16-22)15-24(23)31(26)20-9-10-20/h5-8,11-12,15,17,20,22H,9-10,13-14,16,29H2,1-4H3,(H,30,32). The summed E-state index contributed by atoms with van der Waals surface area (Å²) in [6.45, 7) is 9.42. The van der Waals surface area contributed by atoms with Gasteiger partial charge in [-0.25, -0.2) is 4.79 Å². The summed E-state index contributed by atoms with van der Waals surface area (Å²) in [5, 5.41) is 3.86. The van der Waals surface area contributed by atoms with Crippen molar-refractivity contribution < 1.29 is 19.0 Å². The molecule has 2 unspecified atom stereocenters. The zero-order valence-electron chi connectivity index (χ0n) is 21.0. The third-order valence-corrected chi connectivity index (χ3v) is 7.03. The molecule has 186 valence electrons. The van der Waals surface area contributed by atoms with Gasteiger partial charge in [0, 0.05) is 35.2 Å². The molecule has 2 atom stereocenters. The minimum atomic E-state index is -0.452. The number of nitrogens with two attached hydrogens (primary N) is 1. The van der Waals surface area contributed by atoms with E-state index in [2.05, 4.69) is 22.0 Å². The molecule has 1 amide bonds. The van der Waals surface area contributed by atoms with E-state index in [4.69, 9.17) is 19.9 Å². The fourth-order valence-electron chi connectivity index (χ4n) is 4.39. The Hall–Kier alpha value is -3.19. The van der Waals surface area contributed by atoms with Gasteiger partial charge in [-0.05, 0) is 49.4 Å². The van der Waals surface area contributed by atoms with Crippen molar-refractivity contribution in [3.63, 3.8) is 0 Å². The number of hydrogen-bond acceptors (Lipinski definition) is 5. The second-order valence-corrected chi connectivity index (χ2v) is 10.8. The van der Waals surface area contributed by atoms with Crippen molar-refractivity contribution in [3.8, 4) is 17.0 Å². The molecule has 3 N–H and O–H groups in total. The highest BCUT2D eigenvalue weighted by atomic mass is 16.6. The van der Waals surface area contributed by atoms with Gasteiger partial charge in [0.1, 0.15) is 18.0 Å². The van der Waals surface area contributed by atoms with Crippen molar-refractivity contribution in [2.24, 2.45) is 5.41 Å². The van der Waals surface area contributed by atoms with Crippen molar-refractivity contribution in [2.45, 2.75) is 65.2 Å². The molecule has 2 heterocycles. The second kappa shape index (κ2) is 9.11. The quantitative estimate of drug-likeness (QED) is 0.430. The number of rotatable bonds is 6. The van der Waals surface area contributed by atoms with Crippen LogP contribution in [0.3, 0.4) is 0 Å². The van der Waals surface area contributed by atoms with Gasteiger partial charge < -0.3 is 24.5 Å². The van der Waals surface area contributed by atoms with Crippen molar-refractivity contribution in [3.05, 3.63) is 42.5 Å². The van der Waals surface area contributed by atoms with E-state index in [0.717, 1.165) is 59.5 Å². The van der Waals surface area contributed by atoms with Crippen LogP contribution < -0.4 is 15.8 Å². The van der Waals surface area contributed by atoms with Crippen LogP contribution in [0.4, 0.5) is 16.2 Å². The molecule has 1 aliphatic heterocycles. The summed E-state index contributed by atoms with van der Waals surface area (Å²) < 4.78 is 19.5. The first-order valence-corrected chi connectivity index (χ1v) is 12.5. The fraction of sp³-hybridized carbons (Fsp3) is 0.464. The molecule has 1 saturated heterocycles. The van der Waals surface area contributed by atoms with E-state index < -0.39 is 6.09 Å². The number of anilines is 2. The summed E-state index contributed by atoms with van der Waals surface area (Å²) in [5.74, 6) is 0.849. The van der Waals surface area contributed by atoms with E-state index in [1.165, 1.54) is 0 Å². The Balaban J connectivity index is 1.40. The smallest absolute Gasteiger partial charge is 0.411 e. The predicted octanol–water partition coefficient (Wildman–Crippen LogP) is 6.38. The van der Waals surface area contributed by atoms with Crippen molar-refractivity contribution in [2.75, 3.05) is 24.3 Å². The number of nitrogen functional groups attached to an aromatic ring is 1. The summed E-state index contributed by atoms with van der Waals surface area (Å²) in [7, 11) is 0. The molecule has 2 aromatic carbocycles. The van der Waals surface area contributed by atoms with Crippen LogP contribution in [0.15, 0.2) is 42.5 Å². The first-order valence-electron chi connectivity index (χ1n) is 12.5. The Labute approximate surface area is 206 Å². The molecule has 1 saturated carbocycles. The minimum absolute atomic E-state index is 0.103. The van der Waals surface area contributed by atoms with Gasteiger partial charge in [-0.3, -0.25) is 5.32 Å². The number of nitrogens with zero attached hydrogens (tertiary/aromatic N) is 1. The number of hydrogen-bond donors (Lipinski definition) is 2. The second-order valence-electron chi connectivity index (χ2n) is 10.8. The maximum absolute atomic E-state index is 12.3. The van der Waals surface area contributed by atoms with E-state index in [1.807, 2.05) is 58.0 Å². The Morgan fingerprint density at radius 2 is 1.89 bits per heavy atom. The van der Waals surface area contributed by atoms with Gasteiger partial charge in [0.05, 0.1) is 30.1 Å². The average molecular weight is 478 g/mol. The van der Waals surface area contributed by atoms with Crippen LogP contribution in [0, 0.1) is 5.41 Å². The van der Waals surface area contributed by atoms with E-state index in [0.29, 0.717) is 18.3 Å². The Morgan fingerprint density at radius 1 is 1.14 bits per heavy atom. The van der Waals surface area contributed by atoms with Crippen LogP contribution in [-0.4, -0.2) is 36.1 Å². The van der Waals surface area contributed by atoms with E-state index in [9.17, 15) is 4.79 Å². The third-order valence-electron chi connectivity index (χ3n) is 7.03. The zero-order chi connectivity index (χ0) is 24.7. The molecule has 35 heavy (non-hydrogen) atoms. The van der Waals surface area contributed by atoms with E-state index in [1.54, 1.807) is 0 Å². The lowest BCUT2D eigenvalue weighted by molar-refractivity contribution is 0.0528. The summed E-state index contributed by atoms with van der Waals surface area (Å²) in [4.78, 5) is 12.3. The summed E-state index contributed by atoms with van der Waals surface area (Å²) in [6.07, 6.45) is 2.63. The van der Waals surface area contributed by atoms with Crippen molar-refractivity contribution >= 4 is 28.4 Å². The monoisotopic (exact) mass is 477 g/mol. The molecule has 2 aliphatic rings. The van der Waals surface area contributed by atoms with Crippen LogP contribution >= 0.6 is 0 Å².